The van der Waals surface area contributed by atoms with Gasteiger partial charge in [0.05, 0.1) is 6.54 Å². The van der Waals surface area contributed by atoms with Gasteiger partial charge in [0, 0.05) is 16.3 Å². The first kappa shape index (κ1) is 11.0. The number of carbonyl (C=O) groups is 1. The molecule has 1 aliphatic rings. The Kier molecular flexibility index (Phi) is 2.88. The molecule has 1 aromatic rings. The van der Waals surface area contributed by atoms with Gasteiger partial charge in [-0.2, -0.15) is 0 Å². The summed E-state index contributed by atoms with van der Waals surface area (Å²) in [6, 6.07) is 7.37. The number of allylic oxidation sites excluding steroid dienone is 1. The second-order valence-corrected chi connectivity index (χ2v) is 4.15. The Morgan fingerprint density at radius 3 is 2.81 bits per heavy atom. The zero-order chi connectivity index (χ0) is 11.7. The summed E-state index contributed by atoms with van der Waals surface area (Å²) >= 11 is 6.05. The van der Waals surface area contributed by atoms with Crippen LogP contribution in [0, 0.1) is 0 Å². The highest BCUT2D eigenvalue weighted by Gasteiger charge is 2.33. The molecule has 3 nitrogen and oxygen atoms in total. The van der Waals surface area contributed by atoms with E-state index in [-0.39, 0.29) is 12.2 Å². The molecule has 0 aromatic heterocycles. The van der Waals surface area contributed by atoms with Gasteiger partial charge in [0.1, 0.15) is 6.10 Å². The summed E-state index contributed by atoms with van der Waals surface area (Å²) in [7, 11) is 0. The third-order valence-corrected chi connectivity index (χ3v) is 2.87. The maximum absolute atomic E-state index is 11.5. The minimum atomic E-state index is -0.364. The van der Waals surface area contributed by atoms with E-state index < -0.39 is 0 Å². The molecule has 84 valence electrons. The smallest absolute Gasteiger partial charge is 0.414 e. The van der Waals surface area contributed by atoms with Crippen LogP contribution in [0.25, 0.3) is 0 Å². The fourth-order valence-corrected chi connectivity index (χ4v) is 1.93. The predicted octanol–water partition coefficient (Wildman–Crippen LogP) is 3.37. The first-order chi connectivity index (χ1) is 7.59. The SMILES string of the molecule is C=C(C)N1C[C@H](c2ccccc2Cl)OC1=O. The van der Waals surface area contributed by atoms with Crippen molar-refractivity contribution in [3.63, 3.8) is 0 Å². The van der Waals surface area contributed by atoms with Gasteiger partial charge in [0.25, 0.3) is 0 Å². The molecule has 0 N–H and O–H groups in total. The van der Waals surface area contributed by atoms with Gasteiger partial charge in [-0.25, -0.2) is 4.79 Å². The summed E-state index contributed by atoms with van der Waals surface area (Å²) in [5.41, 5.74) is 1.51. The van der Waals surface area contributed by atoms with Crippen LogP contribution >= 0.6 is 11.6 Å². The Morgan fingerprint density at radius 2 is 2.25 bits per heavy atom. The lowest BCUT2D eigenvalue weighted by Gasteiger charge is -2.12. The number of hydrogen-bond acceptors (Lipinski definition) is 2. The second-order valence-electron chi connectivity index (χ2n) is 3.74. The number of benzene rings is 1. The Morgan fingerprint density at radius 1 is 1.56 bits per heavy atom. The molecule has 1 saturated heterocycles. The van der Waals surface area contributed by atoms with E-state index >= 15 is 0 Å². The third-order valence-electron chi connectivity index (χ3n) is 2.52. The van der Waals surface area contributed by atoms with Crippen LogP contribution < -0.4 is 0 Å². The van der Waals surface area contributed by atoms with Crippen LogP contribution in [0.3, 0.4) is 0 Å². The predicted molar refractivity (Wildman–Crippen MR) is 62.2 cm³/mol. The molecule has 1 atom stereocenters. The van der Waals surface area contributed by atoms with Crippen molar-refractivity contribution in [2.75, 3.05) is 6.54 Å². The van der Waals surface area contributed by atoms with Crippen molar-refractivity contribution in [1.82, 2.24) is 4.90 Å². The molecule has 0 spiro atoms. The number of cyclic esters (lactones) is 1. The van der Waals surface area contributed by atoms with Crippen LogP contribution in [0.2, 0.25) is 5.02 Å². The van der Waals surface area contributed by atoms with Crippen LogP contribution in [0.15, 0.2) is 36.5 Å². The Labute approximate surface area is 99.3 Å². The summed E-state index contributed by atoms with van der Waals surface area (Å²) in [5.74, 6) is 0. The van der Waals surface area contributed by atoms with Gasteiger partial charge < -0.3 is 4.74 Å². The third kappa shape index (κ3) is 1.91. The largest absolute Gasteiger partial charge is 0.439 e. The summed E-state index contributed by atoms with van der Waals surface area (Å²) in [5, 5.41) is 0.615. The summed E-state index contributed by atoms with van der Waals surface area (Å²) in [6.45, 7) is 5.97. The molecule has 1 aliphatic heterocycles. The van der Waals surface area contributed by atoms with E-state index in [9.17, 15) is 4.79 Å². The van der Waals surface area contributed by atoms with Crippen molar-refractivity contribution in [1.29, 1.82) is 0 Å². The van der Waals surface area contributed by atoms with E-state index in [2.05, 4.69) is 6.58 Å². The second kappa shape index (κ2) is 4.18. The summed E-state index contributed by atoms with van der Waals surface area (Å²) in [6.07, 6.45) is -0.671. The van der Waals surface area contributed by atoms with Crippen LogP contribution in [-0.4, -0.2) is 17.5 Å². The Hall–Kier alpha value is -1.48. The Balaban J connectivity index is 2.24. The number of amides is 1. The van der Waals surface area contributed by atoms with E-state index in [1.54, 1.807) is 13.0 Å². The molecule has 0 unspecified atom stereocenters. The molecular formula is C12H12ClNO2. The van der Waals surface area contributed by atoms with Crippen molar-refractivity contribution in [3.05, 3.63) is 47.1 Å². The summed E-state index contributed by atoms with van der Waals surface area (Å²) < 4.78 is 5.24. The van der Waals surface area contributed by atoms with Gasteiger partial charge in [-0.05, 0) is 13.0 Å². The van der Waals surface area contributed by atoms with Gasteiger partial charge in [0.15, 0.2) is 0 Å². The van der Waals surface area contributed by atoms with Gasteiger partial charge in [-0.15, -0.1) is 0 Å². The van der Waals surface area contributed by atoms with Gasteiger partial charge in [-0.1, -0.05) is 36.4 Å². The van der Waals surface area contributed by atoms with E-state index in [0.717, 1.165) is 5.56 Å². The monoisotopic (exact) mass is 237 g/mol. The average molecular weight is 238 g/mol. The van der Waals surface area contributed by atoms with E-state index in [1.165, 1.54) is 4.90 Å². The van der Waals surface area contributed by atoms with Crippen molar-refractivity contribution in [2.45, 2.75) is 13.0 Å². The molecule has 0 bridgehead atoms. The van der Waals surface area contributed by atoms with Crippen molar-refractivity contribution >= 4 is 17.7 Å². The molecule has 1 aromatic carbocycles. The van der Waals surface area contributed by atoms with Crippen molar-refractivity contribution < 1.29 is 9.53 Å². The minimum Gasteiger partial charge on any atom is -0.439 e. The van der Waals surface area contributed by atoms with E-state index in [4.69, 9.17) is 16.3 Å². The lowest BCUT2D eigenvalue weighted by molar-refractivity contribution is 0.135. The van der Waals surface area contributed by atoms with Crippen LogP contribution in [0.1, 0.15) is 18.6 Å². The van der Waals surface area contributed by atoms with E-state index in [1.807, 2.05) is 18.2 Å². The molecule has 0 saturated carbocycles. The van der Waals surface area contributed by atoms with Crippen LogP contribution in [-0.2, 0) is 4.74 Å². The fourth-order valence-electron chi connectivity index (χ4n) is 1.67. The topological polar surface area (TPSA) is 29.5 Å². The number of nitrogens with zero attached hydrogens (tertiary/aromatic N) is 1. The molecule has 1 fully saturated rings. The lowest BCUT2D eigenvalue weighted by Crippen LogP contribution is -2.21. The number of ether oxygens (including phenoxy) is 1. The lowest BCUT2D eigenvalue weighted by atomic mass is 10.1. The molecule has 4 heteroatoms. The van der Waals surface area contributed by atoms with Crippen LogP contribution in [0.5, 0.6) is 0 Å². The first-order valence-corrected chi connectivity index (χ1v) is 5.35. The molecule has 1 amide bonds. The fraction of sp³-hybridized carbons (Fsp3) is 0.250. The molecule has 2 rings (SSSR count). The molecular weight excluding hydrogens is 226 g/mol. The Bertz CT molecular complexity index is 444. The van der Waals surface area contributed by atoms with Crippen molar-refractivity contribution in [3.8, 4) is 0 Å². The number of carbonyl (C=O) groups excluding carboxylic acids is 1. The van der Waals surface area contributed by atoms with Crippen LogP contribution in [0.4, 0.5) is 4.79 Å². The molecule has 1 heterocycles. The van der Waals surface area contributed by atoms with Gasteiger partial charge in [0.2, 0.25) is 0 Å². The number of rotatable bonds is 2. The maximum Gasteiger partial charge on any atom is 0.414 e. The highest BCUT2D eigenvalue weighted by molar-refractivity contribution is 6.31. The molecule has 0 radical (unpaired) electrons. The first-order valence-electron chi connectivity index (χ1n) is 4.97. The molecule has 0 aliphatic carbocycles. The van der Waals surface area contributed by atoms with Gasteiger partial charge in [-0.3, -0.25) is 4.90 Å². The zero-order valence-corrected chi connectivity index (χ0v) is 9.70. The molecule has 16 heavy (non-hydrogen) atoms. The zero-order valence-electron chi connectivity index (χ0n) is 8.94. The van der Waals surface area contributed by atoms with E-state index in [0.29, 0.717) is 17.3 Å². The normalized spacial score (nSPS) is 19.8. The quantitative estimate of drug-likeness (QED) is 0.789. The van der Waals surface area contributed by atoms with Crippen molar-refractivity contribution in [2.24, 2.45) is 0 Å². The van der Waals surface area contributed by atoms with Gasteiger partial charge >= 0.3 is 6.09 Å². The number of hydrogen-bond donors (Lipinski definition) is 0. The average Bonchev–Trinajstić information content (AvgIpc) is 2.61. The standard InChI is InChI=1S/C12H12ClNO2/c1-8(2)14-7-11(16-12(14)15)9-5-3-4-6-10(9)13/h3-6,11H,1,7H2,2H3/t11-/m1/s1. The maximum atomic E-state index is 11.5. The summed E-state index contributed by atoms with van der Waals surface area (Å²) in [4.78, 5) is 13.0. The highest BCUT2D eigenvalue weighted by atomic mass is 35.5. The minimum absolute atomic E-state index is 0.308. The highest BCUT2D eigenvalue weighted by Crippen LogP contribution is 2.32. The number of halogens is 1.